The second-order valence-corrected chi connectivity index (χ2v) is 5.62. The lowest BCUT2D eigenvalue weighted by atomic mass is 9.95. The first kappa shape index (κ1) is 12.9. The van der Waals surface area contributed by atoms with Gasteiger partial charge in [-0.1, -0.05) is 12.8 Å². The van der Waals surface area contributed by atoms with Crippen molar-refractivity contribution in [3.8, 4) is 0 Å². The molecule has 1 aliphatic carbocycles. The van der Waals surface area contributed by atoms with Crippen molar-refractivity contribution < 1.29 is 9.53 Å². The van der Waals surface area contributed by atoms with Crippen molar-refractivity contribution in [1.29, 1.82) is 0 Å². The number of rotatable bonds is 4. The zero-order valence-corrected chi connectivity index (χ0v) is 11.2. The third kappa shape index (κ3) is 3.01. The number of esters is 1. The Morgan fingerprint density at radius 3 is 2.65 bits per heavy atom. The maximum Gasteiger partial charge on any atom is 0.307 e. The van der Waals surface area contributed by atoms with Crippen LogP contribution in [0.4, 0.5) is 0 Å². The quantitative estimate of drug-likeness (QED) is 0.706. The Kier molecular flexibility index (Phi) is 4.43. The molecule has 1 saturated heterocycles. The van der Waals surface area contributed by atoms with Gasteiger partial charge in [-0.05, 0) is 45.1 Å². The normalized spacial score (nSPS) is 28.5. The number of carbonyl (C=O) groups is 1. The first-order valence-electron chi connectivity index (χ1n) is 7.05. The topological polar surface area (TPSA) is 29.5 Å². The van der Waals surface area contributed by atoms with E-state index in [1.807, 2.05) is 0 Å². The van der Waals surface area contributed by atoms with Crippen LogP contribution in [-0.2, 0) is 9.53 Å². The minimum Gasteiger partial charge on any atom is -0.469 e. The second kappa shape index (κ2) is 5.85. The largest absolute Gasteiger partial charge is 0.469 e. The molecule has 3 heteroatoms. The van der Waals surface area contributed by atoms with E-state index in [1.165, 1.54) is 52.2 Å². The highest BCUT2D eigenvalue weighted by Gasteiger charge is 2.35. The van der Waals surface area contributed by atoms with Crippen LogP contribution in [0.3, 0.4) is 0 Å². The van der Waals surface area contributed by atoms with Crippen LogP contribution in [0.15, 0.2) is 0 Å². The van der Waals surface area contributed by atoms with Gasteiger partial charge in [0.2, 0.25) is 0 Å². The number of nitrogens with zero attached hydrogens (tertiary/aromatic N) is 1. The van der Waals surface area contributed by atoms with Gasteiger partial charge in [-0.3, -0.25) is 9.69 Å². The molecule has 0 N–H and O–H groups in total. The summed E-state index contributed by atoms with van der Waals surface area (Å²) >= 11 is 0. The second-order valence-electron chi connectivity index (χ2n) is 5.62. The van der Waals surface area contributed by atoms with Gasteiger partial charge >= 0.3 is 5.97 Å². The van der Waals surface area contributed by atoms with E-state index in [4.69, 9.17) is 4.74 Å². The van der Waals surface area contributed by atoms with Crippen molar-refractivity contribution in [2.45, 2.75) is 64.0 Å². The summed E-state index contributed by atoms with van der Waals surface area (Å²) in [5, 5.41) is 0. The van der Waals surface area contributed by atoms with Crippen LogP contribution in [0.2, 0.25) is 0 Å². The molecular weight excluding hydrogens is 214 g/mol. The van der Waals surface area contributed by atoms with Crippen LogP contribution in [0.5, 0.6) is 0 Å². The van der Waals surface area contributed by atoms with Gasteiger partial charge in [0.1, 0.15) is 0 Å². The van der Waals surface area contributed by atoms with Crippen molar-refractivity contribution in [2.75, 3.05) is 13.7 Å². The number of hydrogen-bond acceptors (Lipinski definition) is 3. The van der Waals surface area contributed by atoms with E-state index in [1.54, 1.807) is 0 Å². The molecule has 2 aliphatic rings. The lowest BCUT2D eigenvalue weighted by Crippen LogP contribution is -2.42. The Morgan fingerprint density at radius 2 is 2.00 bits per heavy atom. The Balaban J connectivity index is 1.91. The third-order valence-electron chi connectivity index (χ3n) is 4.54. The maximum atomic E-state index is 11.4. The van der Waals surface area contributed by atoms with Crippen LogP contribution in [0.1, 0.15) is 51.9 Å². The fourth-order valence-electron chi connectivity index (χ4n) is 3.65. The molecule has 17 heavy (non-hydrogen) atoms. The summed E-state index contributed by atoms with van der Waals surface area (Å²) in [6, 6.07) is 1.08. The molecule has 0 radical (unpaired) electrons. The fourth-order valence-corrected chi connectivity index (χ4v) is 3.65. The zero-order chi connectivity index (χ0) is 12.3. The Labute approximate surface area is 105 Å². The van der Waals surface area contributed by atoms with Gasteiger partial charge in [0, 0.05) is 12.1 Å². The van der Waals surface area contributed by atoms with E-state index in [0.29, 0.717) is 12.5 Å². The molecule has 98 valence electrons. The molecule has 0 bridgehead atoms. The highest BCUT2D eigenvalue weighted by molar-refractivity contribution is 5.69. The Morgan fingerprint density at radius 1 is 1.29 bits per heavy atom. The van der Waals surface area contributed by atoms with Crippen molar-refractivity contribution in [1.82, 2.24) is 4.90 Å². The SMILES string of the molecule is COC(=O)CC(C)N1CCCC1C1CCCC1. The molecule has 1 aliphatic heterocycles. The van der Waals surface area contributed by atoms with Crippen LogP contribution in [0.25, 0.3) is 0 Å². The zero-order valence-electron chi connectivity index (χ0n) is 11.2. The predicted molar refractivity (Wildman–Crippen MR) is 67.8 cm³/mol. The van der Waals surface area contributed by atoms with E-state index < -0.39 is 0 Å². The summed E-state index contributed by atoms with van der Waals surface area (Å²) < 4.78 is 4.78. The lowest BCUT2D eigenvalue weighted by Gasteiger charge is -2.33. The number of methoxy groups -OCH3 is 1. The standard InChI is InChI=1S/C14H25NO2/c1-11(10-14(16)17-2)15-9-5-8-13(15)12-6-3-4-7-12/h11-13H,3-10H2,1-2H3. The van der Waals surface area contributed by atoms with Crippen LogP contribution >= 0.6 is 0 Å². The average Bonchev–Trinajstić information content (AvgIpc) is 2.98. The first-order valence-corrected chi connectivity index (χ1v) is 7.05. The number of hydrogen-bond donors (Lipinski definition) is 0. The molecular formula is C14H25NO2. The lowest BCUT2D eigenvalue weighted by molar-refractivity contribution is -0.142. The van der Waals surface area contributed by atoms with Gasteiger partial charge in [0.15, 0.2) is 0 Å². The molecule has 2 unspecified atom stereocenters. The van der Waals surface area contributed by atoms with Gasteiger partial charge in [0.25, 0.3) is 0 Å². The molecule has 2 fully saturated rings. The molecule has 1 saturated carbocycles. The molecule has 0 aromatic carbocycles. The molecule has 0 aromatic rings. The summed E-state index contributed by atoms with van der Waals surface area (Å²) in [6.07, 6.45) is 8.77. The highest BCUT2D eigenvalue weighted by atomic mass is 16.5. The van der Waals surface area contributed by atoms with E-state index in [-0.39, 0.29) is 5.97 Å². The van der Waals surface area contributed by atoms with E-state index >= 15 is 0 Å². The predicted octanol–water partition coefficient (Wildman–Crippen LogP) is 2.59. The monoisotopic (exact) mass is 239 g/mol. The molecule has 1 heterocycles. The number of carbonyl (C=O) groups excluding carboxylic acids is 1. The summed E-state index contributed by atoms with van der Waals surface area (Å²) in [6.45, 7) is 3.34. The number of likely N-dealkylation sites (tertiary alicyclic amines) is 1. The van der Waals surface area contributed by atoms with E-state index in [9.17, 15) is 4.79 Å². The Bertz CT molecular complexity index is 261. The average molecular weight is 239 g/mol. The van der Waals surface area contributed by atoms with Crippen molar-refractivity contribution in [3.63, 3.8) is 0 Å². The van der Waals surface area contributed by atoms with Crippen molar-refractivity contribution in [3.05, 3.63) is 0 Å². The Hall–Kier alpha value is -0.570. The van der Waals surface area contributed by atoms with Gasteiger partial charge in [-0.15, -0.1) is 0 Å². The minimum atomic E-state index is -0.0745. The summed E-state index contributed by atoms with van der Waals surface area (Å²) in [7, 11) is 1.48. The van der Waals surface area contributed by atoms with Crippen molar-refractivity contribution in [2.24, 2.45) is 5.92 Å². The highest BCUT2D eigenvalue weighted by Crippen LogP contribution is 2.36. The number of ether oxygens (including phenoxy) is 1. The summed E-state index contributed by atoms with van der Waals surface area (Å²) in [4.78, 5) is 13.9. The molecule has 3 nitrogen and oxygen atoms in total. The van der Waals surface area contributed by atoms with Gasteiger partial charge in [-0.25, -0.2) is 0 Å². The third-order valence-corrected chi connectivity index (χ3v) is 4.54. The maximum absolute atomic E-state index is 11.4. The fraction of sp³-hybridized carbons (Fsp3) is 0.929. The summed E-state index contributed by atoms with van der Waals surface area (Å²) in [5.74, 6) is 0.812. The first-order chi connectivity index (χ1) is 8.22. The van der Waals surface area contributed by atoms with Crippen LogP contribution < -0.4 is 0 Å². The van der Waals surface area contributed by atoms with E-state index in [2.05, 4.69) is 11.8 Å². The molecule has 2 atom stereocenters. The van der Waals surface area contributed by atoms with Gasteiger partial charge in [-0.2, -0.15) is 0 Å². The minimum absolute atomic E-state index is 0.0745. The van der Waals surface area contributed by atoms with Gasteiger partial charge in [0.05, 0.1) is 13.5 Å². The van der Waals surface area contributed by atoms with Crippen molar-refractivity contribution >= 4 is 5.97 Å². The molecule has 0 amide bonds. The molecule has 0 aromatic heterocycles. The van der Waals surface area contributed by atoms with Gasteiger partial charge < -0.3 is 4.74 Å². The summed E-state index contributed by atoms with van der Waals surface area (Å²) in [5.41, 5.74) is 0. The van der Waals surface area contributed by atoms with Crippen LogP contribution in [-0.4, -0.2) is 36.6 Å². The smallest absolute Gasteiger partial charge is 0.307 e. The molecule has 2 rings (SSSR count). The van der Waals surface area contributed by atoms with E-state index in [0.717, 1.165) is 12.0 Å². The molecule has 0 spiro atoms. The van der Waals surface area contributed by atoms with Crippen LogP contribution in [0, 0.1) is 5.92 Å².